The molecular formula is C18H23F2N5O4S2. The Balaban J connectivity index is 1.83. The molecule has 1 aromatic heterocycles. The molecule has 3 rings (SSSR count). The molecule has 0 aliphatic carbocycles. The molecule has 13 heteroatoms. The maximum atomic E-state index is 13.9. The highest BCUT2D eigenvalue weighted by atomic mass is 32.2. The number of aromatic nitrogens is 2. The van der Waals surface area contributed by atoms with Crippen LogP contribution in [0.25, 0.3) is 0 Å². The van der Waals surface area contributed by atoms with Crippen molar-refractivity contribution in [2.45, 2.75) is 36.4 Å². The molecule has 1 saturated heterocycles. The normalized spacial score (nSPS) is 16.4. The minimum absolute atomic E-state index is 0.0141. The molecule has 1 aliphatic heterocycles. The first-order chi connectivity index (χ1) is 14.7. The number of aliphatic hydroxyl groups excluding tert-OH is 2. The summed E-state index contributed by atoms with van der Waals surface area (Å²) in [5, 5.41) is 21.9. The lowest BCUT2D eigenvalue weighted by molar-refractivity contribution is 0.0837. The van der Waals surface area contributed by atoms with Gasteiger partial charge in [0.2, 0.25) is 0 Å². The lowest BCUT2D eigenvalue weighted by Crippen LogP contribution is -2.45. The molecular weight excluding hydrogens is 452 g/mol. The van der Waals surface area contributed by atoms with Crippen LogP contribution in [0, 0.1) is 11.6 Å². The Bertz CT molecular complexity index is 1020. The molecule has 0 spiro atoms. The molecule has 170 valence electrons. The Morgan fingerprint density at radius 1 is 1.26 bits per heavy atom. The van der Waals surface area contributed by atoms with E-state index in [1.807, 2.05) is 0 Å². The maximum absolute atomic E-state index is 13.9. The zero-order valence-electron chi connectivity index (χ0n) is 16.6. The number of rotatable bonds is 10. The molecule has 2 aromatic rings. The van der Waals surface area contributed by atoms with Crippen LogP contribution >= 0.6 is 11.8 Å². The SMILES string of the molecule is C[C@H](Nc1cc(NS(=O)(=O)N2CCC2)nc(SCc2cccc(F)c2F)n1)[C@@H](O)CO. The second-order valence-corrected chi connectivity index (χ2v) is 9.58. The van der Waals surface area contributed by atoms with Gasteiger partial charge in [0.05, 0.1) is 18.8 Å². The van der Waals surface area contributed by atoms with Crippen LogP contribution in [-0.4, -0.2) is 64.7 Å². The second kappa shape index (κ2) is 10.0. The number of thioether (sulfide) groups is 1. The van der Waals surface area contributed by atoms with E-state index >= 15 is 0 Å². The number of hydrogen-bond acceptors (Lipinski definition) is 8. The fourth-order valence-corrected chi connectivity index (χ4v) is 4.70. The van der Waals surface area contributed by atoms with Crippen LogP contribution in [0.5, 0.6) is 0 Å². The number of halogens is 2. The number of hydrogen-bond donors (Lipinski definition) is 4. The smallest absolute Gasteiger partial charge is 0.302 e. The highest BCUT2D eigenvalue weighted by Gasteiger charge is 2.28. The summed E-state index contributed by atoms with van der Waals surface area (Å²) in [7, 11) is -3.78. The predicted molar refractivity (Wildman–Crippen MR) is 113 cm³/mol. The van der Waals surface area contributed by atoms with Gasteiger partial charge in [0.25, 0.3) is 0 Å². The van der Waals surface area contributed by atoms with Gasteiger partial charge in [-0.2, -0.15) is 12.7 Å². The molecule has 0 bridgehead atoms. The fourth-order valence-electron chi connectivity index (χ4n) is 2.63. The summed E-state index contributed by atoms with van der Waals surface area (Å²) in [6, 6.07) is 4.59. The molecule has 1 aromatic carbocycles. The second-order valence-electron chi connectivity index (χ2n) is 6.97. The van der Waals surface area contributed by atoms with Crippen LogP contribution in [0.15, 0.2) is 29.4 Å². The Morgan fingerprint density at radius 3 is 2.61 bits per heavy atom. The first-order valence-electron chi connectivity index (χ1n) is 9.47. The largest absolute Gasteiger partial charge is 0.394 e. The highest BCUT2D eigenvalue weighted by molar-refractivity contribution is 7.98. The lowest BCUT2D eigenvalue weighted by atomic mass is 10.2. The first-order valence-corrected chi connectivity index (χ1v) is 11.9. The number of nitrogens with zero attached hydrogens (tertiary/aromatic N) is 3. The van der Waals surface area contributed by atoms with E-state index in [0.717, 1.165) is 24.2 Å². The molecule has 2 atom stereocenters. The molecule has 4 N–H and O–H groups in total. The average molecular weight is 476 g/mol. The topological polar surface area (TPSA) is 128 Å². The van der Waals surface area contributed by atoms with E-state index in [4.69, 9.17) is 5.11 Å². The van der Waals surface area contributed by atoms with Crippen LogP contribution < -0.4 is 10.0 Å². The number of benzene rings is 1. The summed E-state index contributed by atoms with van der Waals surface area (Å²) in [5.74, 6) is -1.75. The molecule has 1 aliphatic rings. The van der Waals surface area contributed by atoms with Crippen molar-refractivity contribution in [3.63, 3.8) is 0 Å². The molecule has 31 heavy (non-hydrogen) atoms. The van der Waals surface area contributed by atoms with E-state index in [1.54, 1.807) is 6.92 Å². The highest BCUT2D eigenvalue weighted by Crippen LogP contribution is 2.26. The van der Waals surface area contributed by atoms with Crippen LogP contribution in [0.1, 0.15) is 18.9 Å². The lowest BCUT2D eigenvalue weighted by Gasteiger charge is -2.29. The molecule has 2 heterocycles. The summed E-state index contributed by atoms with van der Waals surface area (Å²) in [6.45, 7) is 1.95. The minimum Gasteiger partial charge on any atom is -0.394 e. The quantitative estimate of drug-likeness (QED) is 0.301. The van der Waals surface area contributed by atoms with Crippen molar-refractivity contribution >= 4 is 33.6 Å². The Morgan fingerprint density at radius 2 is 1.97 bits per heavy atom. The van der Waals surface area contributed by atoms with Gasteiger partial charge >= 0.3 is 10.2 Å². The Kier molecular flexibility index (Phi) is 7.64. The number of aliphatic hydroxyl groups is 2. The van der Waals surface area contributed by atoms with Crippen LogP contribution in [-0.2, 0) is 16.0 Å². The van der Waals surface area contributed by atoms with Crippen molar-refractivity contribution in [2.24, 2.45) is 0 Å². The summed E-state index contributed by atoms with van der Waals surface area (Å²) in [5.41, 5.74) is 0.110. The molecule has 0 unspecified atom stereocenters. The molecule has 0 amide bonds. The monoisotopic (exact) mass is 475 g/mol. The van der Waals surface area contributed by atoms with E-state index in [2.05, 4.69) is 20.0 Å². The predicted octanol–water partition coefficient (Wildman–Crippen LogP) is 1.56. The van der Waals surface area contributed by atoms with Gasteiger partial charge in [-0.1, -0.05) is 23.9 Å². The zero-order chi connectivity index (χ0) is 22.6. The van der Waals surface area contributed by atoms with E-state index in [1.165, 1.54) is 22.5 Å². The van der Waals surface area contributed by atoms with Gasteiger partial charge in [-0.3, -0.25) is 4.72 Å². The van der Waals surface area contributed by atoms with Gasteiger partial charge in [0.15, 0.2) is 16.8 Å². The van der Waals surface area contributed by atoms with Crippen molar-refractivity contribution < 1.29 is 27.4 Å². The Labute approximate surface area is 183 Å². The Hall–Kier alpha value is -2.06. The van der Waals surface area contributed by atoms with E-state index < -0.39 is 40.6 Å². The summed E-state index contributed by atoms with van der Waals surface area (Å²) in [6.07, 6.45) is -0.303. The van der Waals surface area contributed by atoms with Gasteiger partial charge in [-0.05, 0) is 19.4 Å². The van der Waals surface area contributed by atoms with E-state index in [-0.39, 0.29) is 28.1 Å². The minimum atomic E-state index is -3.78. The van der Waals surface area contributed by atoms with Crippen molar-refractivity contribution in [2.75, 3.05) is 29.7 Å². The molecule has 0 saturated carbocycles. The molecule has 1 fully saturated rings. The van der Waals surface area contributed by atoms with Crippen molar-refractivity contribution in [3.8, 4) is 0 Å². The van der Waals surface area contributed by atoms with Crippen LogP contribution in [0.3, 0.4) is 0 Å². The zero-order valence-corrected chi connectivity index (χ0v) is 18.3. The third-order valence-corrected chi connectivity index (χ3v) is 7.03. The standard InChI is InChI=1S/C18H23F2N5O4S2/c1-11(14(27)9-26)21-15-8-16(24-31(28,29)25-6-3-7-25)23-18(22-15)30-10-12-4-2-5-13(19)17(12)20/h2,4-5,8,11,14,26-27H,3,6-7,9-10H2,1H3,(H2,21,22,23,24)/t11-,14-/m0/s1. The molecule has 9 nitrogen and oxygen atoms in total. The van der Waals surface area contributed by atoms with Crippen LogP contribution in [0.2, 0.25) is 0 Å². The number of anilines is 2. The van der Waals surface area contributed by atoms with Gasteiger partial charge < -0.3 is 15.5 Å². The van der Waals surface area contributed by atoms with E-state index in [0.29, 0.717) is 13.1 Å². The third-order valence-electron chi connectivity index (χ3n) is 4.62. The van der Waals surface area contributed by atoms with Gasteiger partial charge in [-0.15, -0.1) is 0 Å². The summed E-state index contributed by atoms with van der Waals surface area (Å²) < 4.78 is 55.8. The van der Waals surface area contributed by atoms with E-state index in [9.17, 15) is 22.3 Å². The summed E-state index contributed by atoms with van der Waals surface area (Å²) in [4.78, 5) is 8.42. The number of nitrogens with one attached hydrogen (secondary N) is 2. The van der Waals surface area contributed by atoms with Crippen molar-refractivity contribution in [1.82, 2.24) is 14.3 Å². The first kappa shape index (κ1) is 23.6. The fraction of sp³-hybridized carbons (Fsp3) is 0.444. The van der Waals surface area contributed by atoms with Crippen LogP contribution in [0.4, 0.5) is 20.4 Å². The van der Waals surface area contributed by atoms with Crippen molar-refractivity contribution in [1.29, 1.82) is 0 Å². The van der Waals surface area contributed by atoms with Crippen molar-refractivity contribution in [3.05, 3.63) is 41.5 Å². The van der Waals surface area contributed by atoms with Gasteiger partial charge in [0.1, 0.15) is 11.6 Å². The summed E-state index contributed by atoms with van der Waals surface area (Å²) >= 11 is 0.991. The maximum Gasteiger partial charge on any atom is 0.302 e. The molecule has 0 radical (unpaired) electrons. The average Bonchev–Trinajstić information content (AvgIpc) is 2.66. The van der Waals surface area contributed by atoms with Gasteiger partial charge in [-0.25, -0.2) is 18.7 Å². The third kappa shape index (κ3) is 6.01. The van der Waals surface area contributed by atoms with Gasteiger partial charge in [0, 0.05) is 30.5 Å².